The first-order valence-electron chi connectivity index (χ1n) is 10.7. The van der Waals surface area contributed by atoms with Crippen LogP contribution < -0.4 is 16.0 Å². The predicted octanol–water partition coefficient (Wildman–Crippen LogP) is 2.31. The second-order valence-corrected chi connectivity index (χ2v) is 7.84. The molecule has 1 aliphatic heterocycles. The number of hydrogen-bond donors (Lipinski definition) is 3. The van der Waals surface area contributed by atoms with Crippen molar-refractivity contribution in [2.75, 3.05) is 19.6 Å². The SMILES string of the molecule is CCCC(=O)NC1CCCN(C(=O)CCCNC(=O)NC2CCCCC2)C1. The lowest BCUT2D eigenvalue weighted by Gasteiger charge is -2.33. The van der Waals surface area contributed by atoms with Crippen molar-refractivity contribution in [2.24, 2.45) is 0 Å². The predicted molar refractivity (Wildman–Crippen MR) is 105 cm³/mol. The number of urea groups is 1. The average Bonchev–Trinajstić information content (AvgIpc) is 2.66. The molecule has 4 amide bonds. The van der Waals surface area contributed by atoms with Gasteiger partial charge in [0.15, 0.2) is 0 Å². The first-order chi connectivity index (χ1) is 13.1. The number of carbonyl (C=O) groups excluding carboxylic acids is 3. The number of carbonyl (C=O) groups is 3. The van der Waals surface area contributed by atoms with E-state index in [0.717, 1.165) is 38.6 Å². The van der Waals surface area contributed by atoms with Gasteiger partial charge in [0.2, 0.25) is 11.8 Å². The lowest BCUT2D eigenvalue weighted by Crippen LogP contribution is -2.49. The summed E-state index contributed by atoms with van der Waals surface area (Å²) in [6.07, 6.45) is 10.1. The Morgan fingerprint density at radius 2 is 1.67 bits per heavy atom. The van der Waals surface area contributed by atoms with Crippen LogP contribution in [0, 0.1) is 0 Å². The van der Waals surface area contributed by atoms with E-state index >= 15 is 0 Å². The zero-order valence-corrected chi connectivity index (χ0v) is 16.7. The van der Waals surface area contributed by atoms with Crippen molar-refractivity contribution in [3.05, 3.63) is 0 Å². The van der Waals surface area contributed by atoms with Crippen molar-refractivity contribution in [1.82, 2.24) is 20.9 Å². The van der Waals surface area contributed by atoms with Gasteiger partial charge in [-0.15, -0.1) is 0 Å². The number of likely N-dealkylation sites (tertiary alicyclic amines) is 1. The molecule has 1 atom stereocenters. The molecule has 2 fully saturated rings. The van der Waals surface area contributed by atoms with E-state index in [1.54, 1.807) is 0 Å². The second kappa shape index (κ2) is 11.8. The zero-order chi connectivity index (χ0) is 19.5. The van der Waals surface area contributed by atoms with Gasteiger partial charge in [0, 0.05) is 44.6 Å². The first kappa shape index (κ1) is 21.5. The van der Waals surface area contributed by atoms with Gasteiger partial charge in [0.1, 0.15) is 0 Å². The molecule has 1 saturated heterocycles. The summed E-state index contributed by atoms with van der Waals surface area (Å²) in [5, 5.41) is 8.91. The van der Waals surface area contributed by atoms with Crippen molar-refractivity contribution in [2.45, 2.75) is 89.6 Å². The van der Waals surface area contributed by atoms with Crippen LogP contribution in [0.1, 0.15) is 77.6 Å². The molecule has 0 radical (unpaired) electrons. The minimum Gasteiger partial charge on any atom is -0.352 e. The van der Waals surface area contributed by atoms with Crippen molar-refractivity contribution >= 4 is 17.8 Å². The molecule has 1 saturated carbocycles. The van der Waals surface area contributed by atoms with E-state index in [1.807, 2.05) is 11.8 Å². The number of rotatable bonds is 8. The fraction of sp³-hybridized carbons (Fsp3) is 0.850. The van der Waals surface area contributed by atoms with Crippen LogP contribution in [-0.4, -0.2) is 54.5 Å². The van der Waals surface area contributed by atoms with Gasteiger partial charge in [-0.25, -0.2) is 4.79 Å². The summed E-state index contributed by atoms with van der Waals surface area (Å²) in [6, 6.07) is 0.251. The van der Waals surface area contributed by atoms with Crippen molar-refractivity contribution in [3.8, 4) is 0 Å². The van der Waals surface area contributed by atoms with E-state index in [1.165, 1.54) is 19.3 Å². The minimum absolute atomic E-state index is 0.0705. The maximum atomic E-state index is 12.4. The third kappa shape index (κ3) is 8.18. The molecule has 1 unspecified atom stereocenters. The van der Waals surface area contributed by atoms with E-state index < -0.39 is 0 Å². The quantitative estimate of drug-likeness (QED) is 0.564. The van der Waals surface area contributed by atoms with E-state index in [0.29, 0.717) is 38.4 Å². The molecule has 0 bridgehead atoms. The van der Waals surface area contributed by atoms with E-state index in [4.69, 9.17) is 0 Å². The van der Waals surface area contributed by atoms with Crippen LogP contribution >= 0.6 is 0 Å². The Bertz CT molecular complexity index is 492. The largest absolute Gasteiger partial charge is 0.352 e. The van der Waals surface area contributed by atoms with Gasteiger partial charge in [-0.1, -0.05) is 26.2 Å². The number of nitrogens with zero attached hydrogens (tertiary/aromatic N) is 1. The highest BCUT2D eigenvalue weighted by Gasteiger charge is 2.24. The second-order valence-electron chi connectivity index (χ2n) is 7.84. The van der Waals surface area contributed by atoms with Crippen molar-refractivity contribution in [3.63, 3.8) is 0 Å². The first-order valence-corrected chi connectivity index (χ1v) is 10.7. The summed E-state index contributed by atoms with van der Waals surface area (Å²) in [4.78, 5) is 37.9. The van der Waals surface area contributed by atoms with Gasteiger partial charge >= 0.3 is 6.03 Å². The summed E-state index contributed by atoms with van der Waals surface area (Å²) in [7, 11) is 0. The Kier molecular flexibility index (Phi) is 9.42. The van der Waals surface area contributed by atoms with Crippen LogP contribution in [0.4, 0.5) is 4.79 Å². The van der Waals surface area contributed by atoms with Crippen LogP contribution in [-0.2, 0) is 9.59 Å². The molecule has 27 heavy (non-hydrogen) atoms. The zero-order valence-electron chi connectivity index (χ0n) is 16.7. The fourth-order valence-electron chi connectivity index (χ4n) is 3.93. The molecule has 0 spiro atoms. The van der Waals surface area contributed by atoms with Gasteiger partial charge < -0.3 is 20.9 Å². The summed E-state index contributed by atoms with van der Waals surface area (Å²) >= 11 is 0. The Morgan fingerprint density at radius 3 is 2.41 bits per heavy atom. The average molecular weight is 381 g/mol. The van der Waals surface area contributed by atoms with Gasteiger partial charge in [-0.05, 0) is 38.5 Å². The molecule has 0 aromatic carbocycles. The fourth-order valence-corrected chi connectivity index (χ4v) is 3.93. The van der Waals surface area contributed by atoms with Crippen molar-refractivity contribution in [1.29, 1.82) is 0 Å². The van der Waals surface area contributed by atoms with E-state index in [9.17, 15) is 14.4 Å². The lowest BCUT2D eigenvalue weighted by molar-refractivity contribution is -0.133. The molecule has 7 heteroatoms. The van der Waals surface area contributed by atoms with Crippen LogP contribution in [0.2, 0.25) is 0 Å². The molecule has 0 aromatic rings. The Hall–Kier alpha value is -1.79. The van der Waals surface area contributed by atoms with Crippen LogP contribution in [0.15, 0.2) is 0 Å². The molecule has 2 aliphatic rings. The van der Waals surface area contributed by atoms with Crippen molar-refractivity contribution < 1.29 is 14.4 Å². The minimum atomic E-state index is -0.119. The monoisotopic (exact) mass is 380 g/mol. The molecule has 3 N–H and O–H groups in total. The molecule has 1 aliphatic carbocycles. The molecule has 2 rings (SSSR count). The molecular weight excluding hydrogens is 344 g/mol. The summed E-state index contributed by atoms with van der Waals surface area (Å²) in [5.41, 5.74) is 0. The lowest BCUT2D eigenvalue weighted by atomic mass is 9.96. The summed E-state index contributed by atoms with van der Waals surface area (Å²) in [6.45, 7) is 3.85. The summed E-state index contributed by atoms with van der Waals surface area (Å²) < 4.78 is 0. The van der Waals surface area contributed by atoms with E-state index in [2.05, 4.69) is 16.0 Å². The van der Waals surface area contributed by atoms with E-state index in [-0.39, 0.29) is 23.9 Å². The van der Waals surface area contributed by atoms with Gasteiger partial charge in [0.05, 0.1) is 0 Å². The molecule has 0 aromatic heterocycles. The number of piperidine rings is 1. The molecule has 7 nitrogen and oxygen atoms in total. The van der Waals surface area contributed by atoms with Crippen LogP contribution in [0.3, 0.4) is 0 Å². The normalized spacial score (nSPS) is 20.8. The Morgan fingerprint density at radius 1 is 0.926 bits per heavy atom. The smallest absolute Gasteiger partial charge is 0.315 e. The number of nitrogens with one attached hydrogen (secondary N) is 3. The molecular formula is C20H36N4O3. The highest BCUT2D eigenvalue weighted by molar-refractivity contribution is 5.78. The number of amides is 4. The highest BCUT2D eigenvalue weighted by Crippen LogP contribution is 2.17. The standard InChI is InChI=1S/C20H36N4O3/c1-2-8-18(25)22-17-11-7-14-24(15-17)19(26)12-6-13-21-20(27)23-16-9-4-3-5-10-16/h16-17H,2-15H2,1H3,(H,22,25)(H2,21,23,27). The van der Waals surface area contributed by atoms with Gasteiger partial charge in [-0.2, -0.15) is 0 Å². The van der Waals surface area contributed by atoms with Gasteiger partial charge in [0.25, 0.3) is 0 Å². The summed E-state index contributed by atoms with van der Waals surface area (Å²) in [5.74, 6) is 0.184. The third-order valence-corrected chi connectivity index (χ3v) is 5.41. The third-order valence-electron chi connectivity index (χ3n) is 5.41. The maximum Gasteiger partial charge on any atom is 0.315 e. The maximum absolute atomic E-state index is 12.4. The van der Waals surface area contributed by atoms with Crippen LogP contribution in [0.25, 0.3) is 0 Å². The Labute approximate surface area is 163 Å². The highest BCUT2D eigenvalue weighted by atomic mass is 16.2. The molecule has 154 valence electrons. The van der Waals surface area contributed by atoms with Gasteiger partial charge in [-0.3, -0.25) is 9.59 Å². The molecule has 1 heterocycles. The topological polar surface area (TPSA) is 90.5 Å². The Balaban J connectivity index is 1.59. The number of hydrogen-bond acceptors (Lipinski definition) is 3. The van der Waals surface area contributed by atoms with Crippen LogP contribution in [0.5, 0.6) is 0 Å².